The summed E-state index contributed by atoms with van der Waals surface area (Å²) in [4.78, 5) is 12.5. The van der Waals surface area contributed by atoms with Gasteiger partial charge in [-0.25, -0.2) is 12.8 Å². The van der Waals surface area contributed by atoms with Crippen molar-refractivity contribution < 1.29 is 17.6 Å². The lowest BCUT2D eigenvalue weighted by Gasteiger charge is -2.22. The van der Waals surface area contributed by atoms with Crippen molar-refractivity contribution >= 4 is 21.4 Å². The summed E-state index contributed by atoms with van der Waals surface area (Å²) in [7, 11) is -3.43. The van der Waals surface area contributed by atoms with Gasteiger partial charge in [0.1, 0.15) is 5.82 Å². The number of rotatable bonds is 4. The molecular formula is C19H20FNO3S. The van der Waals surface area contributed by atoms with E-state index in [0.717, 1.165) is 19.3 Å². The zero-order valence-electron chi connectivity index (χ0n) is 13.7. The van der Waals surface area contributed by atoms with Crippen LogP contribution in [-0.2, 0) is 9.84 Å². The number of carbonyl (C=O) groups excluding carboxylic acids is 1. The Morgan fingerprint density at radius 2 is 1.68 bits per heavy atom. The fourth-order valence-corrected chi connectivity index (χ4v) is 5.02. The van der Waals surface area contributed by atoms with Crippen molar-refractivity contribution in [2.75, 3.05) is 5.32 Å². The Hall–Kier alpha value is -2.21. The van der Waals surface area contributed by atoms with Crippen molar-refractivity contribution in [3.05, 3.63) is 59.9 Å². The molecule has 1 aliphatic carbocycles. The molecule has 0 aliphatic heterocycles. The van der Waals surface area contributed by atoms with Crippen molar-refractivity contribution in [1.82, 2.24) is 0 Å². The Labute approximate surface area is 147 Å². The number of anilines is 1. The van der Waals surface area contributed by atoms with Crippen LogP contribution in [0.2, 0.25) is 0 Å². The van der Waals surface area contributed by atoms with Gasteiger partial charge in [-0.2, -0.15) is 0 Å². The molecule has 1 fully saturated rings. The molecule has 132 valence electrons. The Bertz CT molecular complexity index is 856. The van der Waals surface area contributed by atoms with Gasteiger partial charge in [0.25, 0.3) is 5.91 Å². The van der Waals surface area contributed by atoms with Crippen molar-refractivity contribution in [1.29, 1.82) is 0 Å². The summed E-state index contributed by atoms with van der Waals surface area (Å²) in [6, 6.07) is 11.5. The van der Waals surface area contributed by atoms with Gasteiger partial charge in [-0.3, -0.25) is 4.79 Å². The quantitative estimate of drug-likeness (QED) is 0.888. The SMILES string of the molecule is O=C(Nc1ccc(F)cc1)c1cccc(S(=O)(=O)C2CCCCC2)c1. The molecule has 6 heteroatoms. The number of hydrogen-bond acceptors (Lipinski definition) is 3. The van der Waals surface area contributed by atoms with E-state index in [-0.39, 0.29) is 15.7 Å². The molecule has 0 radical (unpaired) electrons. The van der Waals surface area contributed by atoms with E-state index in [1.807, 2.05) is 0 Å². The van der Waals surface area contributed by atoms with Crippen molar-refractivity contribution in [3.63, 3.8) is 0 Å². The van der Waals surface area contributed by atoms with Gasteiger partial charge in [-0.05, 0) is 55.3 Å². The molecule has 25 heavy (non-hydrogen) atoms. The van der Waals surface area contributed by atoms with Crippen LogP contribution in [-0.4, -0.2) is 19.6 Å². The summed E-state index contributed by atoms with van der Waals surface area (Å²) in [5.74, 6) is -0.814. The second-order valence-corrected chi connectivity index (χ2v) is 8.52. The Morgan fingerprint density at radius 1 is 1.00 bits per heavy atom. The largest absolute Gasteiger partial charge is 0.322 e. The first-order chi connectivity index (χ1) is 12.0. The molecule has 0 saturated heterocycles. The molecule has 2 aromatic rings. The molecule has 1 aliphatic rings. The zero-order valence-corrected chi connectivity index (χ0v) is 14.6. The molecule has 3 rings (SSSR count). The maximum Gasteiger partial charge on any atom is 0.255 e. The number of carbonyl (C=O) groups is 1. The average Bonchev–Trinajstić information content (AvgIpc) is 2.64. The normalized spacial score (nSPS) is 15.7. The average molecular weight is 361 g/mol. The molecule has 0 bridgehead atoms. The molecule has 1 amide bonds. The van der Waals surface area contributed by atoms with E-state index in [4.69, 9.17) is 0 Å². The molecule has 4 nitrogen and oxygen atoms in total. The Morgan fingerprint density at radius 3 is 2.36 bits per heavy atom. The molecule has 0 heterocycles. The standard InChI is InChI=1S/C19H20FNO3S/c20-15-9-11-16(12-10-15)21-19(22)14-5-4-8-18(13-14)25(23,24)17-6-2-1-3-7-17/h4-5,8-13,17H,1-3,6-7H2,(H,21,22). The Kier molecular flexibility index (Phi) is 5.18. The fraction of sp³-hybridized carbons (Fsp3) is 0.316. The first-order valence-corrected chi connectivity index (χ1v) is 9.92. The second kappa shape index (κ2) is 7.35. The van der Waals surface area contributed by atoms with E-state index in [9.17, 15) is 17.6 Å². The number of amides is 1. The lowest BCUT2D eigenvalue weighted by Crippen LogP contribution is -2.24. The predicted molar refractivity (Wildman–Crippen MR) is 94.9 cm³/mol. The van der Waals surface area contributed by atoms with E-state index < -0.39 is 21.6 Å². The summed E-state index contributed by atoms with van der Waals surface area (Å²) in [5.41, 5.74) is 0.716. The van der Waals surface area contributed by atoms with Crippen molar-refractivity contribution in [2.24, 2.45) is 0 Å². The molecule has 1 saturated carbocycles. The molecule has 0 aromatic heterocycles. The van der Waals surface area contributed by atoms with Crippen LogP contribution in [0.15, 0.2) is 53.4 Å². The van der Waals surface area contributed by atoms with E-state index in [2.05, 4.69) is 5.32 Å². The summed E-state index contributed by atoms with van der Waals surface area (Å²) >= 11 is 0. The summed E-state index contributed by atoms with van der Waals surface area (Å²) in [6.45, 7) is 0. The van der Waals surface area contributed by atoms with Gasteiger partial charge in [-0.15, -0.1) is 0 Å². The highest BCUT2D eigenvalue weighted by atomic mass is 32.2. The van der Waals surface area contributed by atoms with Gasteiger partial charge in [0.2, 0.25) is 0 Å². The van der Waals surface area contributed by atoms with E-state index in [1.54, 1.807) is 18.2 Å². The highest BCUT2D eigenvalue weighted by Gasteiger charge is 2.29. The lowest BCUT2D eigenvalue weighted by molar-refractivity contribution is 0.102. The first-order valence-electron chi connectivity index (χ1n) is 8.38. The maximum atomic E-state index is 12.9. The lowest BCUT2D eigenvalue weighted by atomic mass is 10.0. The minimum Gasteiger partial charge on any atom is -0.322 e. The van der Waals surface area contributed by atoms with Crippen LogP contribution in [0.4, 0.5) is 10.1 Å². The van der Waals surface area contributed by atoms with Crippen LogP contribution < -0.4 is 5.32 Å². The van der Waals surface area contributed by atoms with Gasteiger partial charge >= 0.3 is 0 Å². The van der Waals surface area contributed by atoms with Crippen molar-refractivity contribution in [3.8, 4) is 0 Å². The van der Waals surface area contributed by atoms with Crippen LogP contribution >= 0.6 is 0 Å². The zero-order chi connectivity index (χ0) is 17.9. The van der Waals surface area contributed by atoms with Gasteiger partial charge in [0.05, 0.1) is 10.1 Å². The number of sulfone groups is 1. The third-order valence-electron chi connectivity index (χ3n) is 4.52. The van der Waals surface area contributed by atoms with Crippen LogP contribution in [0.25, 0.3) is 0 Å². The highest BCUT2D eigenvalue weighted by molar-refractivity contribution is 7.92. The summed E-state index contributed by atoms with van der Waals surface area (Å²) in [5, 5.41) is 2.28. The predicted octanol–water partition coefficient (Wildman–Crippen LogP) is 4.18. The number of nitrogens with one attached hydrogen (secondary N) is 1. The van der Waals surface area contributed by atoms with Crippen LogP contribution in [0, 0.1) is 5.82 Å². The van der Waals surface area contributed by atoms with Crippen LogP contribution in [0.1, 0.15) is 42.5 Å². The number of hydrogen-bond donors (Lipinski definition) is 1. The third kappa shape index (κ3) is 4.07. The van der Waals surface area contributed by atoms with E-state index in [1.165, 1.54) is 30.3 Å². The molecule has 2 aromatic carbocycles. The molecule has 0 unspecified atom stereocenters. The van der Waals surface area contributed by atoms with Gasteiger partial charge in [0, 0.05) is 11.3 Å². The third-order valence-corrected chi connectivity index (χ3v) is 6.78. The molecule has 0 atom stereocenters. The van der Waals surface area contributed by atoms with Gasteiger partial charge in [0.15, 0.2) is 9.84 Å². The van der Waals surface area contributed by atoms with Crippen molar-refractivity contribution in [2.45, 2.75) is 42.2 Å². The Balaban J connectivity index is 1.80. The number of halogens is 1. The topological polar surface area (TPSA) is 63.2 Å². The highest BCUT2D eigenvalue weighted by Crippen LogP contribution is 2.29. The molecule has 1 N–H and O–H groups in total. The maximum absolute atomic E-state index is 12.9. The van der Waals surface area contributed by atoms with Crippen LogP contribution in [0.5, 0.6) is 0 Å². The van der Waals surface area contributed by atoms with Crippen LogP contribution in [0.3, 0.4) is 0 Å². The first kappa shape index (κ1) is 17.6. The van der Waals surface area contributed by atoms with E-state index in [0.29, 0.717) is 18.5 Å². The summed E-state index contributed by atoms with van der Waals surface area (Å²) in [6.07, 6.45) is 4.28. The summed E-state index contributed by atoms with van der Waals surface area (Å²) < 4.78 is 38.5. The number of benzene rings is 2. The minimum atomic E-state index is -3.43. The second-order valence-electron chi connectivity index (χ2n) is 6.29. The monoisotopic (exact) mass is 361 g/mol. The smallest absolute Gasteiger partial charge is 0.255 e. The van der Waals surface area contributed by atoms with Gasteiger partial charge < -0.3 is 5.32 Å². The minimum absolute atomic E-state index is 0.186. The molecule has 0 spiro atoms. The van der Waals surface area contributed by atoms with Gasteiger partial charge in [-0.1, -0.05) is 25.3 Å². The molecular weight excluding hydrogens is 341 g/mol. The van der Waals surface area contributed by atoms with E-state index >= 15 is 0 Å². The fourth-order valence-electron chi connectivity index (χ4n) is 3.12.